The summed E-state index contributed by atoms with van der Waals surface area (Å²) >= 11 is 0. The van der Waals surface area contributed by atoms with Crippen molar-refractivity contribution in [3.8, 4) is 23.0 Å². The summed E-state index contributed by atoms with van der Waals surface area (Å²) in [4.78, 5) is 24.7. The molecule has 0 aromatic heterocycles. The summed E-state index contributed by atoms with van der Waals surface area (Å²) in [5, 5.41) is 11.2. The zero-order chi connectivity index (χ0) is 22.8. The molecule has 0 aliphatic carbocycles. The number of ether oxygens (including phenoxy) is 6. The van der Waals surface area contributed by atoms with E-state index in [1.165, 1.54) is 21.1 Å². The molecule has 0 radical (unpaired) electrons. The number of hydrogen-bond acceptors (Lipinski definition) is 9. The van der Waals surface area contributed by atoms with Crippen LogP contribution in [0, 0.1) is 11.8 Å². The maximum Gasteiger partial charge on any atom is 0.313 e. The Labute approximate surface area is 184 Å². The third-order valence-corrected chi connectivity index (χ3v) is 5.65. The molecule has 4 rings (SSSR count). The molecule has 170 valence electrons. The fourth-order valence-corrected chi connectivity index (χ4v) is 4.09. The van der Waals surface area contributed by atoms with Gasteiger partial charge in [0.25, 0.3) is 0 Å². The van der Waals surface area contributed by atoms with Crippen LogP contribution in [0.5, 0.6) is 23.0 Å². The minimum Gasteiger partial charge on any atom is -0.493 e. The largest absolute Gasteiger partial charge is 0.493 e. The van der Waals surface area contributed by atoms with Crippen molar-refractivity contribution in [2.75, 3.05) is 27.6 Å². The predicted molar refractivity (Wildman–Crippen MR) is 110 cm³/mol. The molecule has 0 amide bonds. The van der Waals surface area contributed by atoms with Gasteiger partial charge in [-0.05, 0) is 35.4 Å². The molecule has 0 spiro atoms. The fraction of sp³-hybridized carbons (Fsp3) is 0.391. The molecule has 2 aromatic rings. The Balaban J connectivity index is 1.68. The molecule has 0 saturated carbocycles. The molecule has 2 aliphatic heterocycles. The van der Waals surface area contributed by atoms with Gasteiger partial charge in [0, 0.05) is 12.8 Å². The van der Waals surface area contributed by atoms with Gasteiger partial charge in [0.1, 0.15) is 12.0 Å². The number of aliphatic hydroxyl groups is 1. The Bertz CT molecular complexity index is 1020. The summed E-state index contributed by atoms with van der Waals surface area (Å²) in [5.41, 5.74) is 1.06. The second kappa shape index (κ2) is 8.96. The zero-order valence-corrected chi connectivity index (χ0v) is 17.9. The monoisotopic (exact) mass is 444 g/mol. The molecule has 1 saturated heterocycles. The van der Waals surface area contributed by atoms with Crippen LogP contribution < -0.4 is 18.9 Å². The van der Waals surface area contributed by atoms with Gasteiger partial charge in [-0.15, -0.1) is 0 Å². The SMILES string of the molecule is COc1ccc([C@H](O)[C@H]2COC(=O)[C@@H]2[C@H](OC(C)=O)c2ccc3c(c2)OCO3)cc1OC. The lowest BCUT2D eigenvalue weighted by Crippen LogP contribution is -2.30. The number of carbonyl (C=O) groups excluding carboxylic acids is 2. The van der Waals surface area contributed by atoms with Crippen LogP contribution in [-0.4, -0.2) is 44.7 Å². The number of rotatable bonds is 7. The van der Waals surface area contributed by atoms with E-state index < -0.39 is 36.0 Å². The number of fused-ring (bicyclic) bond motifs is 1. The van der Waals surface area contributed by atoms with Crippen LogP contribution >= 0.6 is 0 Å². The molecule has 9 nitrogen and oxygen atoms in total. The summed E-state index contributed by atoms with van der Waals surface area (Å²) in [5.74, 6) is -0.716. The number of aliphatic hydroxyl groups excluding tert-OH is 1. The van der Waals surface area contributed by atoms with Crippen LogP contribution in [0.1, 0.15) is 30.3 Å². The number of cyclic esters (lactones) is 1. The first-order valence-corrected chi connectivity index (χ1v) is 10.1. The Morgan fingerprint density at radius 2 is 1.72 bits per heavy atom. The third-order valence-electron chi connectivity index (χ3n) is 5.65. The second-order valence-corrected chi connectivity index (χ2v) is 7.52. The molecule has 2 aromatic carbocycles. The van der Waals surface area contributed by atoms with Gasteiger partial charge in [-0.2, -0.15) is 0 Å². The molecule has 1 fully saturated rings. The first kappa shape index (κ1) is 21.8. The van der Waals surface area contributed by atoms with Crippen molar-refractivity contribution in [2.24, 2.45) is 11.8 Å². The number of methoxy groups -OCH3 is 2. The molecule has 1 N–H and O–H groups in total. The Hall–Kier alpha value is -3.46. The summed E-state index contributed by atoms with van der Waals surface area (Å²) in [7, 11) is 3.01. The van der Waals surface area contributed by atoms with Crippen LogP contribution in [0.4, 0.5) is 0 Å². The fourth-order valence-electron chi connectivity index (χ4n) is 4.09. The van der Waals surface area contributed by atoms with Gasteiger partial charge in [0.15, 0.2) is 23.0 Å². The van der Waals surface area contributed by atoms with Gasteiger partial charge in [0.05, 0.1) is 26.9 Å². The molecule has 0 bridgehead atoms. The summed E-state index contributed by atoms with van der Waals surface area (Å²) in [6.45, 7) is 1.32. The first-order valence-electron chi connectivity index (χ1n) is 10.1. The van der Waals surface area contributed by atoms with Crippen molar-refractivity contribution in [1.82, 2.24) is 0 Å². The minimum absolute atomic E-state index is 0.0265. The Morgan fingerprint density at radius 3 is 2.44 bits per heavy atom. The highest BCUT2D eigenvalue weighted by atomic mass is 16.7. The van der Waals surface area contributed by atoms with Crippen molar-refractivity contribution in [3.05, 3.63) is 47.5 Å². The van der Waals surface area contributed by atoms with Crippen LogP contribution in [0.3, 0.4) is 0 Å². The van der Waals surface area contributed by atoms with Crippen molar-refractivity contribution in [3.63, 3.8) is 0 Å². The van der Waals surface area contributed by atoms with Crippen LogP contribution in [0.2, 0.25) is 0 Å². The molecule has 32 heavy (non-hydrogen) atoms. The summed E-state index contributed by atoms with van der Waals surface area (Å²) < 4.78 is 32.2. The highest BCUT2D eigenvalue weighted by Crippen LogP contribution is 2.45. The van der Waals surface area contributed by atoms with Crippen molar-refractivity contribution in [2.45, 2.75) is 19.1 Å². The second-order valence-electron chi connectivity index (χ2n) is 7.52. The number of carbonyl (C=O) groups is 2. The van der Waals surface area contributed by atoms with Gasteiger partial charge in [-0.25, -0.2) is 0 Å². The summed E-state index contributed by atoms with van der Waals surface area (Å²) in [6.07, 6.45) is -2.06. The van der Waals surface area contributed by atoms with Crippen LogP contribution in [0.15, 0.2) is 36.4 Å². The van der Waals surface area contributed by atoms with E-state index in [1.54, 1.807) is 36.4 Å². The molecule has 9 heteroatoms. The Morgan fingerprint density at radius 1 is 1.00 bits per heavy atom. The lowest BCUT2D eigenvalue weighted by Gasteiger charge is -2.28. The maximum absolute atomic E-state index is 12.7. The van der Waals surface area contributed by atoms with Crippen molar-refractivity contribution < 1.29 is 43.1 Å². The van der Waals surface area contributed by atoms with E-state index in [1.807, 2.05) is 0 Å². The number of benzene rings is 2. The van der Waals surface area contributed by atoms with Gasteiger partial charge >= 0.3 is 11.9 Å². The average molecular weight is 444 g/mol. The van der Waals surface area contributed by atoms with E-state index in [4.69, 9.17) is 28.4 Å². The smallest absolute Gasteiger partial charge is 0.313 e. The molecule has 2 aliphatic rings. The average Bonchev–Trinajstić information content (AvgIpc) is 3.42. The van der Waals surface area contributed by atoms with Crippen LogP contribution in [-0.2, 0) is 19.1 Å². The maximum atomic E-state index is 12.7. The number of hydrogen-bond donors (Lipinski definition) is 1. The lowest BCUT2D eigenvalue weighted by molar-refractivity contribution is -0.156. The highest BCUT2D eigenvalue weighted by molar-refractivity contribution is 5.77. The van der Waals surface area contributed by atoms with E-state index >= 15 is 0 Å². The predicted octanol–water partition coefficient (Wildman–Crippen LogP) is 2.56. The van der Waals surface area contributed by atoms with Crippen molar-refractivity contribution >= 4 is 11.9 Å². The Kier molecular flexibility index (Phi) is 6.09. The van der Waals surface area contributed by atoms with E-state index in [-0.39, 0.29) is 13.4 Å². The summed E-state index contributed by atoms with van der Waals surface area (Å²) in [6, 6.07) is 10.1. The third kappa shape index (κ3) is 4.03. The van der Waals surface area contributed by atoms with Gasteiger partial charge in [0.2, 0.25) is 6.79 Å². The van der Waals surface area contributed by atoms with Gasteiger partial charge in [-0.1, -0.05) is 12.1 Å². The van der Waals surface area contributed by atoms with E-state index in [2.05, 4.69) is 0 Å². The molecule has 0 unspecified atom stereocenters. The molecule has 4 atom stereocenters. The lowest BCUT2D eigenvalue weighted by atomic mass is 9.81. The molecular weight excluding hydrogens is 420 g/mol. The zero-order valence-electron chi connectivity index (χ0n) is 17.9. The van der Waals surface area contributed by atoms with Crippen LogP contribution in [0.25, 0.3) is 0 Å². The van der Waals surface area contributed by atoms with Gasteiger partial charge in [-0.3, -0.25) is 9.59 Å². The van der Waals surface area contributed by atoms with E-state index in [9.17, 15) is 14.7 Å². The minimum atomic E-state index is -1.08. The quantitative estimate of drug-likeness (QED) is 0.644. The first-order chi connectivity index (χ1) is 15.4. The normalized spacial score (nSPS) is 20.9. The van der Waals surface area contributed by atoms with E-state index in [0.29, 0.717) is 34.1 Å². The highest BCUT2D eigenvalue weighted by Gasteiger charge is 2.48. The molecule has 2 heterocycles. The molecular formula is C23H24O9. The topological polar surface area (TPSA) is 110 Å². The number of esters is 2. The standard InChI is InChI=1S/C23H24O9/c1-12(24)32-22(14-5-7-17-19(9-14)31-11-30-17)20-15(10-29-23(20)26)21(25)13-4-6-16(27-2)18(8-13)28-3/h4-9,15,20-22,25H,10-11H2,1-3H3/t15-,20-,21-,22+/m0/s1. The van der Waals surface area contributed by atoms with Gasteiger partial charge < -0.3 is 33.5 Å². The van der Waals surface area contributed by atoms with E-state index in [0.717, 1.165) is 0 Å². The van der Waals surface area contributed by atoms with Crippen molar-refractivity contribution in [1.29, 1.82) is 0 Å².